The van der Waals surface area contributed by atoms with Crippen molar-refractivity contribution in [2.45, 2.75) is 297 Å². The van der Waals surface area contributed by atoms with Crippen LogP contribution in [0, 0.1) is 0 Å². The molecule has 0 saturated heterocycles. The second-order valence-corrected chi connectivity index (χ2v) is 18.8. The number of carbonyl (C=O) groups is 3. The summed E-state index contributed by atoms with van der Waals surface area (Å²) < 4.78 is 16.8. The summed E-state index contributed by atoms with van der Waals surface area (Å²) in [4.78, 5) is 38.0. The van der Waals surface area contributed by atoms with Crippen LogP contribution in [0.15, 0.2) is 48.6 Å². The minimum Gasteiger partial charge on any atom is -0.462 e. The van der Waals surface area contributed by atoms with E-state index in [0.29, 0.717) is 19.3 Å². The van der Waals surface area contributed by atoms with Crippen LogP contribution in [0.2, 0.25) is 0 Å². The maximum absolute atomic E-state index is 12.8. The summed E-state index contributed by atoms with van der Waals surface area (Å²) in [6, 6.07) is 0. The molecular formula is C59H106O6. The van der Waals surface area contributed by atoms with Crippen molar-refractivity contribution in [1.82, 2.24) is 0 Å². The Labute approximate surface area is 403 Å². The molecule has 0 saturated carbocycles. The molecule has 0 spiro atoms. The van der Waals surface area contributed by atoms with Crippen molar-refractivity contribution >= 4 is 17.9 Å². The van der Waals surface area contributed by atoms with E-state index < -0.39 is 6.10 Å². The number of unbranched alkanes of at least 4 members (excludes halogenated alkanes) is 32. The Morgan fingerprint density at radius 1 is 0.308 bits per heavy atom. The highest BCUT2D eigenvalue weighted by atomic mass is 16.6. The second-order valence-electron chi connectivity index (χ2n) is 18.8. The van der Waals surface area contributed by atoms with Crippen molar-refractivity contribution in [3.63, 3.8) is 0 Å². The van der Waals surface area contributed by atoms with Gasteiger partial charge >= 0.3 is 17.9 Å². The van der Waals surface area contributed by atoms with Gasteiger partial charge in [-0.1, -0.05) is 236 Å². The number of rotatable bonds is 51. The van der Waals surface area contributed by atoms with Gasteiger partial charge in [-0.15, -0.1) is 0 Å². The third-order valence-corrected chi connectivity index (χ3v) is 12.3. The maximum atomic E-state index is 12.8. The van der Waals surface area contributed by atoms with E-state index in [1.807, 2.05) is 0 Å². The lowest BCUT2D eigenvalue weighted by molar-refractivity contribution is -0.167. The van der Waals surface area contributed by atoms with Gasteiger partial charge in [-0.2, -0.15) is 0 Å². The Morgan fingerprint density at radius 2 is 0.554 bits per heavy atom. The Morgan fingerprint density at radius 3 is 0.908 bits per heavy atom. The van der Waals surface area contributed by atoms with Gasteiger partial charge in [0.15, 0.2) is 6.10 Å². The highest BCUT2D eigenvalue weighted by Crippen LogP contribution is 2.15. The van der Waals surface area contributed by atoms with E-state index in [1.165, 1.54) is 173 Å². The summed E-state index contributed by atoms with van der Waals surface area (Å²) in [6.07, 6.45) is 65.2. The highest BCUT2D eigenvalue weighted by Gasteiger charge is 2.19. The van der Waals surface area contributed by atoms with Gasteiger partial charge in [0.05, 0.1) is 0 Å². The molecule has 0 bridgehead atoms. The molecule has 6 heteroatoms. The predicted octanol–water partition coefficient (Wildman–Crippen LogP) is 18.7. The summed E-state index contributed by atoms with van der Waals surface area (Å²) >= 11 is 0. The molecule has 0 radical (unpaired) electrons. The van der Waals surface area contributed by atoms with E-state index in [9.17, 15) is 14.4 Å². The summed E-state index contributed by atoms with van der Waals surface area (Å²) in [6.45, 7) is 6.61. The van der Waals surface area contributed by atoms with Crippen LogP contribution < -0.4 is 0 Å². The first kappa shape index (κ1) is 62.4. The first-order valence-corrected chi connectivity index (χ1v) is 28.1. The number of hydrogen-bond donors (Lipinski definition) is 0. The van der Waals surface area contributed by atoms with Crippen molar-refractivity contribution < 1.29 is 28.6 Å². The third kappa shape index (κ3) is 52.2. The molecule has 0 N–H and O–H groups in total. The van der Waals surface area contributed by atoms with Crippen molar-refractivity contribution in [3.05, 3.63) is 48.6 Å². The second kappa shape index (κ2) is 54.0. The Balaban J connectivity index is 4.33. The Kier molecular flexibility index (Phi) is 51.8. The number of carbonyl (C=O) groups excluding carboxylic acids is 3. The van der Waals surface area contributed by atoms with Crippen molar-refractivity contribution in [2.24, 2.45) is 0 Å². The van der Waals surface area contributed by atoms with Gasteiger partial charge in [-0.3, -0.25) is 14.4 Å². The molecule has 6 nitrogen and oxygen atoms in total. The smallest absolute Gasteiger partial charge is 0.306 e. The van der Waals surface area contributed by atoms with Crippen LogP contribution in [0.25, 0.3) is 0 Å². The number of esters is 3. The molecule has 0 aliphatic carbocycles. The van der Waals surface area contributed by atoms with Crippen LogP contribution in [-0.2, 0) is 28.6 Å². The number of hydrogen-bond acceptors (Lipinski definition) is 6. The van der Waals surface area contributed by atoms with Gasteiger partial charge < -0.3 is 14.2 Å². The average molecular weight is 911 g/mol. The van der Waals surface area contributed by atoms with Gasteiger partial charge in [0.2, 0.25) is 0 Å². The molecule has 0 heterocycles. The average Bonchev–Trinajstić information content (AvgIpc) is 3.30. The van der Waals surface area contributed by atoms with Crippen LogP contribution in [0.5, 0.6) is 0 Å². The first-order chi connectivity index (χ1) is 32.0. The van der Waals surface area contributed by atoms with Crippen molar-refractivity contribution in [2.75, 3.05) is 13.2 Å². The highest BCUT2D eigenvalue weighted by molar-refractivity contribution is 5.71. The lowest BCUT2D eigenvalue weighted by atomic mass is 10.1. The van der Waals surface area contributed by atoms with E-state index in [-0.39, 0.29) is 31.1 Å². The quantitative estimate of drug-likeness (QED) is 0.0262. The van der Waals surface area contributed by atoms with E-state index in [0.717, 1.165) is 77.0 Å². The molecule has 0 rings (SSSR count). The molecule has 0 amide bonds. The fraction of sp³-hybridized carbons (Fsp3) is 0.814. The molecule has 65 heavy (non-hydrogen) atoms. The minimum absolute atomic E-state index is 0.0767. The van der Waals surface area contributed by atoms with Crippen LogP contribution >= 0.6 is 0 Å². The van der Waals surface area contributed by atoms with Crippen molar-refractivity contribution in [3.8, 4) is 0 Å². The topological polar surface area (TPSA) is 78.9 Å². The van der Waals surface area contributed by atoms with E-state index >= 15 is 0 Å². The summed E-state index contributed by atoms with van der Waals surface area (Å²) in [5.41, 5.74) is 0. The van der Waals surface area contributed by atoms with Crippen LogP contribution in [-0.4, -0.2) is 37.2 Å². The molecular weight excluding hydrogens is 805 g/mol. The molecule has 1 atom stereocenters. The fourth-order valence-electron chi connectivity index (χ4n) is 8.03. The monoisotopic (exact) mass is 911 g/mol. The van der Waals surface area contributed by atoms with Crippen molar-refractivity contribution in [1.29, 1.82) is 0 Å². The van der Waals surface area contributed by atoms with Crippen LogP contribution in [0.3, 0.4) is 0 Å². The number of allylic oxidation sites excluding steroid dienone is 8. The first-order valence-electron chi connectivity index (χ1n) is 28.1. The molecule has 1 unspecified atom stereocenters. The van der Waals surface area contributed by atoms with E-state index in [2.05, 4.69) is 69.4 Å². The van der Waals surface area contributed by atoms with Crippen LogP contribution in [0.4, 0.5) is 0 Å². The van der Waals surface area contributed by atoms with E-state index in [1.54, 1.807) is 0 Å². The SMILES string of the molecule is CCCCC/C=C\C/C=C\C/C=C\CCCCCCCCC(=O)OCC(COC(=O)CCCCCCCCCCCC)OC(=O)CCCCCCCCC/C=C\CCCCCCCCC. The summed E-state index contributed by atoms with van der Waals surface area (Å²) in [5.74, 6) is -0.884. The summed E-state index contributed by atoms with van der Waals surface area (Å²) in [5, 5.41) is 0. The minimum atomic E-state index is -0.778. The molecule has 0 aromatic heterocycles. The van der Waals surface area contributed by atoms with Gasteiger partial charge in [0.25, 0.3) is 0 Å². The number of ether oxygens (including phenoxy) is 3. The molecule has 0 aromatic carbocycles. The van der Waals surface area contributed by atoms with E-state index in [4.69, 9.17) is 14.2 Å². The maximum Gasteiger partial charge on any atom is 0.306 e. The standard InChI is InChI=1S/C59H106O6/c1-4-7-10-13-16-19-22-24-26-28-30-32-33-35-37-40-43-46-49-52-58(61)64-55-56(54-63-57(60)51-48-45-42-39-21-18-15-12-9-6-3)65-59(62)53-50-47-44-41-38-36-34-31-29-27-25-23-20-17-14-11-8-5-2/h16,19,24,26-27,29-30,32,56H,4-15,17-18,20-23,25,28,31,33-55H2,1-3H3/b19-16-,26-24-,29-27-,32-30-. The zero-order valence-electron chi connectivity index (χ0n) is 43.3. The van der Waals surface area contributed by atoms with Gasteiger partial charge in [0, 0.05) is 19.3 Å². The third-order valence-electron chi connectivity index (χ3n) is 12.3. The zero-order chi connectivity index (χ0) is 47.2. The largest absolute Gasteiger partial charge is 0.462 e. The van der Waals surface area contributed by atoms with Gasteiger partial charge in [-0.05, 0) is 83.5 Å². The molecule has 0 aliphatic heterocycles. The van der Waals surface area contributed by atoms with Gasteiger partial charge in [-0.25, -0.2) is 0 Å². The molecule has 0 aromatic rings. The fourth-order valence-corrected chi connectivity index (χ4v) is 8.03. The predicted molar refractivity (Wildman–Crippen MR) is 279 cm³/mol. The lowest BCUT2D eigenvalue weighted by Gasteiger charge is -2.18. The Bertz CT molecular complexity index is 1140. The summed E-state index contributed by atoms with van der Waals surface area (Å²) in [7, 11) is 0. The molecule has 378 valence electrons. The van der Waals surface area contributed by atoms with Crippen LogP contribution in [0.1, 0.15) is 290 Å². The zero-order valence-corrected chi connectivity index (χ0v) is 43.3. The molecule has 0 aliphatic rings. The Hall–Kier alpha value is -2.63. The van der Waals surface area contributed by atoms with Gasteiger partial charge in [0.1, 0.15) is 13.2 Å². The lowest BCUT2D eigenvalue weighted by Crippen LogP contribution is -2.30. The normalized spacial score (nSPS) is 12.4. The molecule has 0 fully saturated rings.